The average Bonchev–Trinajstić information content (AvgIpc) is 3.04. The molecule has 0 bridgehead atoms. The monoisotopic (exact) mass is 333 g/mol. The number of hydrogen-bond acceptors (Lipinski definition) is 4. The van der Waals surface area contributed by atoms with E-state index in [4.69, 9.17) is 21.9 Å². The van der Waals surface area contributed by atoms with Gasteiger partial charge in [0.25, 0.3) is 5.91 Å². The molecule has 0 saturated carbocycles. The Morgan fingerprint density at radius 3 is 2.87 bits per heavy atom. The molecule has 0 radical (unpaired) electrons. The van der Waals surface area contributed by atoms with Gasteiger partial charge in [-0.3, -0.25) is 4.79 Å². The summed E-state index contributed by atoms with van der Waals surface area (Å²) in [6.45, 7) is 3.42. The zero-order valence-corrected chi connectivity index (χ0v) is 13.8. The van der Waals surface area contributed by atoms with E-state index in [1.165, 1.54) is 6.26 Å². The van der Waals surface area contributed by atoms with Crippen molar-refractivity contribution in [2.24, 2.45) is 11.7 Å². The molecule has 1 aliphatic rings. The second kappa shape index (κ2) is 6.72. The van der Waals surface area contributed by atoms with Crippen LogP contribution in [0.4, 0.5) is 0 Å². The van der Waals surface area contributed by atoms with Gasteiger partial charge in [-0.2, -0.15) is 0 Å². The molecule has 1 aliphatic heterocycles. The molecule has 5 nitrogen and oxygen atoms in total. The fraction of sp³-hybridized carbons (Fsp3) is 0.412. The van der Waals surface area contributed by atoms with Crippen molar-refractivity contribution < 1.29 is 9.32 Å². The van der Waals surface area contributed by atoms with E-state index < -0.39 is 0 Å². The molecule has 0 aliphatic carbocycles. The van der Waals surface area contributed by atoms with Crippen LogP contribution in [-0.2, 0) is 0 Å². The quantitative estimate of drug-likeness (QED) is 0.936. The molecule has 1 fully saturated rings. The van der Waals surface area contributed by atoms with Crippen LogP contribution in [0, 0.1) is 5.92 Å². The second-order valence-electron chi connectivity index (χ2n) is 6.10. The lowest BCUT2D eigenvalue weighted by molar-refractivity contribution is 0.0661. The molecule has 1 saturated heterocycles. The van der Waals surface area contributed by atoms with E-state index in [9.17, 15) is 4.79 Å². The van der Waals surface area contributed by atoms with Crippen LogP contribution in [0.1, 0.15) is 30.1 Å². The van der Waals surface area contributed by atoms with Gasteiger partial charge >= 0.3 is 0 Å². The lowest BCUT2D eigenvalue weighted by atomic mass is 9.91. The molecule has 2 atom stereocenters. The zero-order chi connectivity index (χ0) is 16.4. The van der Waals surface area contributed by atoms with Crippen LogP contribution in [0.5, 0.6) is 0 Å². The summed E-state index contributed by atoms with van der Waals surface area (Å²) in [5.41, 5.74) is 7.85. The molecule has 1 amide bonds. The Balaban J connectivity index is 1.83. The molecular formula is C17H20ClN3O2. The van der Waals surface area contributed by atoms with Gasteiger partial charge in [-0.25, -0.2) is 0 Å². The summed E-state index contributed by atoms with van der Waals surface area (Å²) in [6.07, 6.45) is 3.45. The van der Waals surface area contributed by atoms with E-state index in [0.717, 1.165) is 24.9 Å². The van der Waals surface area contributed by atoms with Gasteiger partial charge < -0.3 is 15.2 Å². The highest BCUT2D eigenvalue weighted by atomic mass is 35.5. The third-order valence-electron chi connectivity index (χ3n) is 4.41. The molecule has 23 heavy (non-hydrogen) atoms. The molecule has 2 N–H and O–H groups in total. The van der Waals surface area contributed by atoms with E-state index in [2.05, 4.69) is 5.16 Å². The highest BCUT2D eigenvalue weighted by Crippen LogP contribution is 2.27. The van der Waals surface area contributed by atoms with Crippen LogP contribution in [0.2, 0.25) is 5.02 Å². The SMILES string of the molecule is C[C@H](N)[C@H]1CCCN(C(=O)c2conc2-c2ccc(Cl)cc2)C1. The number of piperidine rings is 1. The molecule has 0 spiro atoms. The van der Waals surface area contributed by atoms with Gasteiger partial charge in [-0.1, -0.05) is 28.9 Å². The Bertz CT molecular complexity index is 681. The van der Waals surface area contributed by atoms with Crippen LogP contribution in [0.3, 0.4) is 0 Å². The lowest BCUT2D eigenvalue weighted by Gasteiger charge is -2.34. The van der Waals surface area contributed by atoms with Crippen LogP contribution >= 0.6 is 11.6 Å². The van der Waals surface area contributed by atoms with Gasteiger partial charge in [0.05, 0.1) is 0 Å². The third-order valence-corrected chi connectivity index (χ3v) is 4.66. The molecule has 2 aromatic rings. The Morgan fingerprint density at radius 2 is 2.17 bits per heavy atom. The van der Waals surface area contributed by atoms with Crippen molar-refractivity contribution in [3.63, 3.8) is 0 Å². The molecule has 1 aromatic heterocycles. The van der Waals surface area contributed by atoms with E-state index in [-0.39, 0.29) is 11.9 Å². The van der Waals surface area contributed by atoms with Gasteiger partial charge in [-0.05, 0) is 37.8 Å². The minimum Gasteiger partial charge on any atom is -0.363 e. The maximum absolute atomic E-state index is 12.8. The van der Waals surface area contributed by atoms with Crippen molar-refractivity contribution in [3.8, 4) is 11.3 Å². The molecule has 0 unspecified atom stereocenters. The van der Waals surface area contributed by atoms with Crippen molar-refractivity contribution in [2.75, 3.05) is 13.1 Å². The van der Waals surface area contributed by atoms with Crippen LogP contribution in [0.25, 0.3) is 11.3 Å². The lowest BCUT2D eigenvalue weighted by Crippen LogP contribution is -2.45. The summed E-state index contributed by atoms with van der Waals surface area (Å²) in [4.78, 5) is 14.7. The minimum absolute atomic E-state index is 0.0541. The number of benzene rings is 1. The largest absolute Gasteiger partial charge is 0.363 e. The van der Waals surface area contributed by atoms with Gasteiger partial charge in [0, 0.05) is 29.7 Å². The van der Waals surface area contributed by atoms with Crippen molar-refractivity contribution in [1.82, 2.24) is 10.1 Å². The van der Waals surface area contributed by atoms with E-state index in [0.29, 0.717) is 28.7 Å². The topological polar surface area (TPSA) is 72.4 Å². The number of carbonyl (C=O) groups excluding carboxylic acids is 1. The number of rotatable bonds is 3. The second-order valence-corrected chi connectivity index (χ2v) is 6.53. The van der Waals surface area contributed by atoms with Crippen LogP contribution in [-0.4, -0.2) is 35.1 Å². The number of aromatic nitrogens is 1. The predicted octanol–water partition coefficient (Wildman–Crippen LogP) is 3.19. The van der Waals surface area contributed by atoms with Crippen molar-refractivity contribution in [3.05, 3.63) is 41.1 Å². The molecule has 3 rings (SSSR count). The minimum atomic E-state index is -0.0541. The highest BCUT2D eigenvalue weighted by Gasteiger charge is 2.29. The van der Waals surface area contributed by atoms with Gasteiger partial charge in [0.1, 0.15) is 17.5 Å². The number of hydrogen-bond donors (Lipinski definition) is 1. The number of likely N-dealkylation sites (tertiary alicyclic amines) is 1. The fourth-order valence-electron chi connectivity index (χ4n) is 3.00. The van der Waals surface area contributed by atoms with Gasteiger partial charge in [-0.15, -0.1) is 0 Å². The maximum Gasteiger partial charge on any atom is 0.259 e. The maximum atomic E-state index is 12.8. The smallest absolute Gasteiger partial charge is 0.259 e. The standard InChI is InChI=1S/C17H20ClN3O2/c1-11(19)13-3-2-8-21(9-13)17(22)15-10-23-20-16(15)12-4-6-14(18)7-5-12/h4-7,10-11,13H,2-3,8-9,19H2,1H3/t11-,13-/m0/s1. The zero-order valence-electron chi connectivity index (χ0n) is 13.0. The summed E-state index contributed by atoms with van der Waals surface area (Å²) >= 11 is 5.91. The number of nitrogens with zero attached hydrogens (tertiary/aromatic N) is 2. The number of carbonyl (C=O) groups is 1. The van der Waals surface area contributed by atoms with E-state index >= 15 is 0 Å². The summed E-state index contributed by atoms with van der Waals surface area (Å²) in [7, 11) is 0. The van der Waals surface area contributed by atoms with Crippen molar-refractivity contribution >= 4 is 17.5 Å². The Morgan fingerprint density at radius 1 is 1.43 bits per heavy atom. The third kappa shape index (κ3) is 3.41. The first-order chi connectivity index (χ1) is 11.1. The summed E-state index contributed by atoms with van der Waals surface area (Å²) in [5.74, 6) is 0.285. The molecular weight excluding hydrogens is 314 g/mol. The van der Waals surface area contributed by atoms with E-state index in [1.54, 1.807) is 12.1 Å². The molecule has 122 valence electrons. The summed E-state index contributed by atoms with van der Waals surface area (Å²) in [6, 6.07) is 7.29. The Hall–Kier alpha value is -1.85. The average molecular weight is 334 g/mol. The first kappa shape index (κ1) is 16.0. The van der Waals surface area contributed by atoms with E-state index in [1.807, 2.05) is 24.0 Å². The number of amides is 1. The predicted molar refractivity (Wildman–Crippen MR) is 89.2 cm³/mol. The highest BCUT2D eigenvalue weighted by molar-refractivity contribution is 6.30. The Kier molecular flexibility index (Phi) is 4.68. The first-order valence-corrected chi connectivity index (χ1v) is 8.19. The Labute approximate surface area is 140 Å². The van der Waals surface area contributed by atoms with Crippen LogP contribution < -0.4 is 5.73 Å². The fourth-order valence-corrected chi connectivity index (χ4v) is 3.12. The van der Waals surface area contributed by atoms with Crippen LogP contribution in [0.15, 0.2) is 35.1 Å². The molecule has 2 heterocycles. The first-order valence-electron chi connectivity index (χ1n) is 7.81. The van der Waals surface area contributed by atoms with Crippen molar-refractivity contribution in [1.29, 1.82) is 0 Å². The number of nitrogens with two attached hydrogens (primary N) is 1. The summed E-state index contributed by atoms with van der Waals surface area (Å²) < 4.78 is 5.06. The van der Waals surface area contributed by atoms with Crippen molar-refractivity contribution in [2.45, 2.75) is 25.8 Å². The summed E-state index contributed by atoms with van der Waals surface area (Å²) in [5, 5.41) is 4.64. The van der Waals surface area contributed by atoms with Gasteiger partial charge in [0.15, 0.2) is 0 Å². The normalized spacial score (nSPS) is 19.6. The molecule has 1 aromatic carbocycles. The van der Waals surface area contributed by atoms with Gasteiger partial charge in [0.2, 0.25) is 0 Å². The molecule has 6 heteroatoms. The number of halogens is 1.